The number of rotatable bonds is 4. The smallest absolute Gasteiger partial charge is 0.354 e. The van der Waals surface area contributed by atoms with E-state index in [1.54, 1.807) is 33.8 Å². The molecule has 10 nitrogen and oxygen atoms in total. The highest BCUT2D eigenvalue weighted by molar-refractivity contribution is 7.91. The van der Waals surface area contributed by atoms with Gasteiger partial charge in [0, 0.05) is 30.9 Å². The number of nitrogen functional groups attached to an aromatic ring is 1. The number of pyridine rings is 1. The molecule has 0 aliphatic carbocycles. The molecule has 2 unspecified atom stereocenters. The molecule has 4 aromatic rings. The summed E-state index contributed by atoms with van der Waals surface area (Å²) in [7, 11) is -4.75. The van der Waals surface area contributed by atoms with E-state index in [0.29, 0.717) is 11.3 Å². The van der Waals surface area contributed by atoms with Crippen LogP contribution in [0, 0.1) is 24.4 Å². The maximum Gasteiger partial charge on any atom is 0.354 e. The zero-order chi connectivity index (χ0) is 35.1. The van der Waals surface area contributed by atoms with Gasteiger partial charge < -0.3 is 15.5 Å². The third-order valence-corrected chi connectivity index (χ3v) is 11.2. The second-order valence-corrected chi connectivity index (χ2v) is 15.0. The molecule has 0 saturated carbocycles. The number of anilines is 2. The summed E-state index contributed by atoms with van der Waals surface area (Å²) in [4.78, 5) is 37.4. The van der Waals surface area contributed by atoms with Gasteiger partial charge in [0.1, 0.15) is 10.7 Å². The Balaban J connectivity index is 1.88. The minimum Gasteiger partial charge on any atom is -0.397 e. The Bertz CT molecular complexity index is 2240. The van der Waals surface area contributed by atoms with Crippen molar-refractivity contribution in [2.75, 3.05) is 29.5 Å². The van der Waals surface area contributed by atoms with Crippen LogP contribution in [0.15, 0.2) is 40.7 Å². The molecule has 2 aliphatic heterocycles. The standard InChI is InChI=1S/C32H29Cl2F3N6O4S/c1-6-19(44)41-10-15(5)42-16(11-41)12-48(46,47)30-22-29(24(36)20(25(30)37)21-23(35)17(33)9-18(34)26(21)38)43(32(45)40-31(22)42)28-14(4)7-8-39-27(28)13(2)3/h6-9,13,15-16H,1,10-12,38H2,2-5H3. The quantitative estimate of drug-likeness (QED) is 0.125. The van der Waals surface area contributed by atoms with E-state index in [-0.39, 0.29) is 35.5 Å². The largest absolute Gasteiger partial charge is 0.397 e. The lowest BCUT2D eigenvalue weighted by molar-refractivity contribution is -0.127. The number of fused-ring (bicyclic) bond motifs is 2. The summed E-state index contributed by atoms with van der Waals surface area (Å²) >= 11 is 12.2. The molecular weight excluding hydrogens is 692 g/mol. The fraction of sp³-hybridized carbons (Fsp3) is 0.312. The van der Waals surface area contributed by atoms with Crippen LogP contribution in [-0.2, 0) is 14.6 Å². The van der Waals surface area contributed by atoms with E-state index in [1.165, 1.54) is 16.0 Å². The van der Waals surface area contributed by atoms with E-state index in [9.17, 15) is 18.0 Å². The second kappa shape index (κ2) is 11.8. The van der Waals surface area contributed by atoms with Crippen molar-refractivity contribution in [3.63, 3.8) is 0 Å². The highest BCUT2D eigenvalue weighted by Gasteiger charge is 2.45. The van der Waals surface area contributed by atoms with Crippen molar-refractivity contribution >= 4 is 61.4 Å². The topological polar surface area (TPSA) is 131 Å². The first kappa shape index (κ1) is 33.7. The van der Waals surface area contributed by atoms with E-state index in [1.807, 2.05) is 0 Å². The van der Waals surface area contributed by atoms with Crippen molar-refractivity contribution in [1.82, 2.24) is 19.4 Å². The number of aromatic nitrogens is 3. The number of aryl methyl sites for hydroxylation is 1. The summed E-state index contributed by atoms with van der Waals surface area (Å²) in [6.45, 7) is 10.3. The lowest BCUT2D eigenvalue weighted by atomic mass is 9.98. The molecule has 0 spiro atoms. The molecule has 16 heteroatoms. The zero-order valence-corrected chi connectivity index (χ0v) is 28.4. The molecule has 2 atom stereocenters. The van der Waals surface area contributed by atoms with Gasteiger partial charge in [-0.2, -0.15) is 4.98 Å². The van der Waals surface area contributed by atoms with Gasteiger partial charge in [0.25, 0.3) is 0 Å². The summed E-state index contributed by atoms with van der Waals surface area (Å²) in [5.41, 5.74) is 2.50. The maximum atomic E-state index is 17.4. The molecule has 1 amide bonds. The maximum absolute atomic E-state index is 17.4. The molecule has 2 aliphatic rings. The van der Waals surface area contributed by atoms with Crippen molar-refractivity contribution < 1.29 is 26.4 Å². The highest BCUT2D eigenvalue weighted by Crippen LogP contribution is 2.48. The third-order valence-electron chi connectivity index (χ3n) is 8.77. The highest BCUT2D eigenvalue weighted by atomic mass is 35.5. The lowest BCUT2D eigenvalue weighted by Gasteiger charge is -2.45. The Kier molecular flexibility index (Phi) is 8.28. The van der Waals surface area contributed by atoms with Gasteiger partial charge >= 0.3 is 5.69 Å². The van der Waals surface area contributed by atoms with Gasteiger partial charge in [0.05, 0.1) is 55.4 Å². The molecule has 1 fully saturated rings. The Morgan fingerprint density at radius 3 is 2.46 bits per heavy atom. The van der Waals surface area contributed by atoms with Gasteiger partial charge in [-0.05, 0) is 43.5 Å². The summed E-state index contributed by atoms with van der Waals surface area (Å²) in [5, 5.41) is -1.51. The summed E-state index contributed by atoms with van der Waals surface area (Å²) in [5.74, 6) is -6.40. The number of carbonyl (C=O) groups excluding carboxylic acids is 1. The van der Waals surface area contributed by atoms with Crippen molar-refractivity contribution in [2.24, 2.45) is 0 Å². The molecule has 2 aromatic carbocycles. The summed E-state index contributed by atoms with van der Waals surface area (Å²) in [6, 6.07) is 0.798. The average Bonchev–Trinajstić information content (AvgIpc) is 3.10. The third kappa shape index (κ3) is 4.95. The van der Waals surface area contributed by atoms with Crippen LogP contribution in [0.1, 0.15) is 37.9 Å². The molecule has 252 valence electrons. The minimum atomic E-state index is -4.75. The van der Waals surface area contributed by atoms with Gasteiger partial charge in [-0.15, -0.1) is 0 Å². The molecular formula is C32H29Cl2F3N6O4S. The lowest BCUT2D eigenvalue weighted by Crippen LogP contribution is -2.61. The first-order valence-corrected chi connectivity index (χ1v) is 17.2. The van der Waals surface area contributed by atoms with E-state index in [0.717, 1.165) is 16.7 Å². The van der Waals surface area contributed by atoms with Crippen molar-refractivity contribution in [2.45, 2.75) is 50.6 Å². The number of hydrogen-bond acceptors (Lipinski definition) is 8. The Labute approximate surface area is 283 Å². The predicted octanol–water partition coefficient (Wildman–Crippen LogP) is 5.56. The number of carbonyl (C=O) groups is 1. The molecule has 0 radical (unpaired) electrons. The van der Waals surface area contributed by atoms with Gasteiger partial charge in [0.2, 0.25) is 5.91 Å². The van der Waals surface area contributed by atoms with E-state index < -0.39 is 94.4 Å². The molecule has 4 heterocycles. The number of halogens is 5. The summed E-state index contributed by atoms with van der Waals surface area (Å²) < 4.78 is 79.8. The van der Waals surface area contributed by atoms with Crippen LogP contribution in [0.4, 0.5) is 24.7 Å². The van der Waals surface area contributed by atoms with Crippen LogP contribution in [0.25, 0.3) is 27.7 Å². The van der Waals surface area contributed by atoms with Crippen molar-refractivity contribution in [1.29, 1.82) is 0 Å². The Hall–Kier alpha value is -4.14. The molecule has 0 bridgehead atoms. The predicted molar refractivity (Wildman–Crippen MR) is 178 cm³/mol. The molecule has 48 heavy (non-hydrogen) atoms. The number of amides is 1. The number of sulfone groups is 1. The monoisotopic (exact) mass is 720 g/mol. The molecule has 2 aromatic heterocycles. The molecule has 1 saturated heterocycles. The van der Waals surface area contributed by atoms with Gasteiger partial charge in [-0.1, -0.05) is 43.6 Å². The van der Waals surface area contributed by atoms with Crippen LogP contribution < -0.4 is 16.3 Å². The van der Waals surface area contributed by atoms with Crippen molar-refractivity contribution in [3.05, 3.63) is 80.2 Å². The molecule has 2 N–H and O–H groups in total. The van der Waals surface area contributed by atoms with Gasteiger partial charge in [0.15, 0.2) is 27.3 Å². The van der Waals surface area contributed by atoms with E-state index >= 15 is 13.2 Å². The van der Waals surface area contributed by atoms with Crippen molar-refractivity contribution in [3.8, 4) is 16.8 Å². The van der Waals surface area contributed by atoms with E-state index in [4.69, 9.17) is 28.9 Å². The number of benzene rings is 2. The van der Waals surface area contributed by atoms with Crippen LogP contribution in [-0.4, -0.2) is 64.7 Å². The van der Waals surface area contributed by atoms with E-state index in [2.05, 4.69) is 16.5 Å². The number of nitrogens with zero attached hydrogens (tertiary/aromatic N) is 5. The van der Waals surface area contributed by atoms with Gasteiger partial charge in [-0.25, -0.2) is 26.4 Å². The zero-order valence-electron chi connectivity index (χ0n) is 26.1. The fourth-order valence-electron chi connectivity index (χ4n) is 6.75. The first-order chi connectivity index (χ1) is 22.5. The van der Waals surface area contributed by atoms with Crippen LogP contribution in [0.5, 0.6) is 0 Å². The van der Waals surface area contributed by atoms with Crippen LogP contribution in [0.3, 0.4) is 0 Å². The SMILES string of the molecule is C=CC(=O)N1CC(C)N2c3nc(=O)n(-c4c(C)ccnc4C(C)C)c4c(F)c(-c5c(N)c(Cl)cc(Cl)c5F)c(F)c(c34)S(=O)(=O)CC2C1. The Morgan fingerprint density at radius 2 is 1.81 bits per heavy atom. The Morgan fingerprint density at radius 1 is 1.12 bits per heavy atom. The van der Waals surface area contributed by atoms with Crippen LogP contribution in [0.2, 0.25) is 10.0 Å². The normalized spacial score (nSPS) is 18.6. The second-order valence-electron chi connectivity index (χ2n) is 12.2. The number of hydrogen-bond donors (Lipinski definition) is 1. The van der Waals surface area contributed by atoms with Gasteiger partial charge in [-0.3, -0.25) is 14.3 Å². The number of piperazine rings is 1. The molecule has 6 rings (SSSR count). The summed E-state index contributed by atoms with van der Waals surface area (Å²) in [6.07, 6.45) is 2.58. The van der Waals surface area contributed by atoms with Crippen LogP contribution >= 0.6 is 23.2 Å². The minimum absolute atomic E-state index is 0.0635. The average molecular weight is 722 g/mol. The first-order valence-electron chi connectivity index (χ1n) is 14.8. The number of nitrogens with two attached hydrogens (primary N) is 1. The fourth-order valence-corrected chi connectivity index (χ4v) is 9.03.